The number of rotatable bonds is 6. The van der Waals surface area contributed by atoms with Crippen molar-refractivity contribution in [1.29, 1.82) is 0 Å². The third-order valence-electron chi connectivity index (χ3n) is 6.39. The SMILES string of the molecule is CC1CCCN(S(=O)(=O)c2ccc(NC(=O)CN3C(=O)NC(C)(C4CC4)C3=O)cc2)C1. The van der Waals surface area contributed by atoms with E-state index in [4.69, 9.17) is 0 Å². The molecule has 9 nitrogen and oxygen atoms in total. The highest BCUT2D eigenvalue weighted by atomic mass is 32.2. The maximum atomic E-state index is 12.8. The minimum Gasteiger partial charge on any atom is -0.325 e. The topological polar surface area (TPSA) is 116 Å². The Balaban J connectivity index is 1.38. The Bertz CT molecular complexity index is 1010. The van der Waals surface area contributed by atoms with Crippen LogP contribution < -0.4 is 10.6 Å². The molecule has 1 aliphatic carbocycles. The number of carbonyl (C=O) groups is 3. The molecular weight excluding hydrogens is 420 g/mol. The molecule has 4 amide bonds. The predicted molar refractivity (Wildman–Crippen MR) is 114 cm³/mol. The van der Waals surface area contributed by atoms with E-state index < -0.39 is 34.0 Å². The first-order valence-corrected chi connectivity index (χ1v) is 12.1. The van der Waals surface area contributed by atoms with Crippen LogP contribution in [-0.4, -0.2) is 60.6 Å². The van der Waals surface area contributed by atoms with E-state index in [9.17, 15) is 22.8 Å². The van der Waals surface area contributed by atoms with Crippen LogP contribution in [0.15, 0.2) is 29.2 Å². The van der Waals surface area contributed by atoms with E-state index in [2.05, 4.69) is 10.6 Å². The first kappa shape index (κ1) is 21.8. The van der Waals surface area contributed by atoms with Gasteiger partial charge in [-0.1, -0.05) is 6.92 Å². The summed E-state index contributed by atoms with van der Waals surface area (Å²) < 4.78 is 27.2. The highest BCUT2D eigenvalue weighted by Gasteiger charge is 2.56. The summed E-state index contributed by atoms with van der Waals surface area (Å²) in [6.45, 7) is 4.37. The molecule has 2 atom stereocenters. The number of carbonyl (C=O) groups excluding carboxylic acids is 3. The number of nitrogens with one attached hydrogen (secondary N) is 2. The van der Waals surface area contributed by atoms with Crippen molar-refractivity contribution in [2.24, 2.45) is 11.8 Å². The van der Waals surface area contributed by atoms with Crippen LogP contribution >= 0.6 is 0 Å². The van der Waals surface area contributed by atoms with Gasteiger partial charge in [0.1, 0.15) is 12.1 Å². The molecule has 4 rings (SSSR count). The smallest absolute Gasteiger partial charge is 0.325 e. The van der Waals surface area contributed by atoms with Crippen LogP contribution in [0, 0.1) is 11.8 Å². The van der Waals surface area contributed by atoms with Gasteiger partial charge in [0.25, 0.3) is 5.91 Å². The Morgan fingerprint density at radius 1 is 1.19 bits per heavy atom. The van der Waals surface area contributed by atoms with E-state index in [1.54, 1.807) is 6.92 Å². The third-order valence-corrected chi connectivity index (χ3v) is 8.27. The van der Waals surface area contributed by atoms with E-state index in [0.29, 0.717) is 24.7 Å². The van der Waals surface area contributed by atoms with Crippen molar-refractivity contribution in [3.63, 3.8) is 0 Å². The van der Waals surface area contributed by atoms with Gasteiger partial charge in [0.2, 0.25) is 15.9 Å². The normalized spacial score (nSPS) is 27.3. The van der Waals surface area contributed by atoms with Gasteiger partial charge in [-0.2, -0.15) is 4.31 Å². The Labute approximate surface area is 182 Å². The number of amides is 4. The zero-order valence-electron chi connectivity index (χ0n) is 17.8. The molecular formula is C21H28N4O5S. The molecule has 31 heavy (non-hydrogen) atoms. The molecule has 1 aromatic rings. The molecule has 10 heteroatoms. The average Bonchev–Trinajstić information content (AvgIpc) is 3.55. The Kier molecular flexibility index (Phi) is 5.55. The Hall–Kier alpha value is -2.46. The minimum atomic E-state index is -3.57. The summed E-state index contributed by atoms with van der Waals surface area (Å²) in [7, 11) is -3.57. The lowest BCUT2D eigenvalue weighted by atomic mass is 9.96. The number of piperidine rings is 1. The standard InChI is InChI=1S/C21H28N4O5S/c1-14-4-3-11-24(12-14)31(29,30)17-9-7-16(8-10-17)22-18(26)13-25-19(27)21(2,15-5-6-15)23-20(25)28/h7-10,14-15H,3-6,11-13H2,1-2H3,(H,22,26)(H,23,28). The second-order valence-electron chi connectivity index (χ2n) is 8.98. The van der Waals surface area contributed by atoms with Gasteiger partial charge in [0, 0.05) is 18.8 Å². The fourth-order valence-corrected chi connectivity index (χ4v) is 5.96. The van der Waals surface area contributed by atoms with E-state index in [1.165, 1.54) is 28.6 Å². The number of imide groups is 1. The van der Waals surface area contributed by atoms with Gasteiger partial charge in [-0.15, -0.1) is 0 Å². The number of hydrogen-bond donors (Lipinski definition) is 2. The van der Waals surface area contributed by atoms with Crippen molar-refractivity contribution in [1.82, 2.24) is 14.5 Å². The van der Waals surface area contributed by atoms with Crippen molar-refractivity contribution < 1.29 is 22.8 Å². The van der Waals surface area contributed by atoms with Crippen LogP contribution in [0.2, 0.25) is 0 Å². The Morgan fingerprint density at radius 3 is 2.48 bits per heavy atom. The summed E-state index contributed by atoms with van der Waals surface area (Å²) >= 11 is 0. The number of benzene rings is 1. The number of urea groups is 1. The molecule has 2 saturated heterocycles. The molecule has 0 spiro atoms. The number of nitrogens with zero attached hydrogens (tertiary/aromatic N) is 2. The second-order valence-corrected chi connectivity index (χ2v) is 10.9. The van der Waals surface area contributed by atoms with E-state index in [0.717, 1.165) is 30.6 Å². The van der Waals surface area contributed by atoms with Crippen molar-refractivity contribution >= 4 is 33.6 Å². The van der Waals surface area contributed by atoms with E-state index >= 15 is 0 Å². The summed E-state index contributed by atoms with van der Waals surface area (Å²) in [5.41, 5.74) is -0.535. The third kappa shape index (κ3) is 4.18. The van der Waals surface area contributed by atoms with Crippen LogP contribution in [0.5, 0.6) is 0 Å². The van der Waals surface area contributed by atoms with Crippen LogP contribution in [0.3, 0.4) is 0 Å². The average molecular weight is 449 g/mol. The number of hydrogen-bond acceptors (Lipinski definition) is 5. The van der Waals surface area contributed by atoms with Gasteiger partial charge in [0.05, 0.1) is 4.90 Å². The van der Waals surface area contributed by atoms with Crippen LogP contribution in [0.1, 0.15) is 39.5 Å². The molecule has 2 unspecified atom stereocenters. The quantitative estimate of drug-likeness (QED) is 0.644. The lowest BCUT2D eigenvalue weighted by molar-refractivity contribution is -0.134. The van der Waals surface area contributed by atoms with Crippen LogP contribution in [0.4, 0.5) is 10.5 Å². The predicted octanol–water partition coefficient (Wildman–Crippen LogP) is 1.77. The molecule has 0 aromatic heterocycles. The maximum Gasteiger partial charge on any atom is 0.325 e. The van der Waals surface area contributed by atoms with Gasteiger partial charge < -0.3 is 10.6 Å². The maximum absolute atomic E-state index is 12.8. The van der Waals surface area contributed by atoms with Crippen LogP contribution in [-0.2, 0) is 19.6 Å². The van der Waals surface area contributed by atoms with Gasteiger partial charge in [-0.25, -0.2) is 13.2 Å². The minimum absolute atomic E-state index is 0.120. The van der Waals surface area contributed by atoms with Gasteiger partial charge >= 0.3 is 6.03 Å². The van der Waals surface area contributed by atoms with Crippen molar-refractivity contribution in [2.75, 3.05) is 25.0 Å². The molecule has 168 valence electrons. The summed E-state index contributed by atoms with van der Waals surface area (Å²) in [5.74, 6) is -0.458. The Morgan fingerprint density at radius 2 is 1.87 bits per heavy atom. The van der Waals surface area contributed by atoms with E-state index in [-0.39, 0.29) is 16.7 Å². The monoisotopic (exact) mass is 448 g/mol. The summed E-state index contributed by atoms with van der Waals surface area (Å²) in [4.78, 5) is 38.3. The van der Waals surface area contributed by atoms with Gasteiger partial charge in [-0.05, 0) is 68.7 Å². The number of sulfonamides is 1. The van der Waals surface area contributed by atoms with Crippen molar-refractivity contribution in [3.05, 3.63) is 24.3 Å². The van der Waals surface area contributed by atoms with Crippen molar-refractivity contribution in [2.45, 2.75) is 50.0 Å². The molecule has 1 aromatic carbocycles. The zero-order chi connectivity index (χ0) is 22.4. The van der Waals surface area contributed by atoms with Gasteiger partial charge in [0.15, 0.2) is 0 Å². The lowest BCUT2D eigenvalue weighted by Gasteiger charge is -2.30. The molecule has 3 fully saturated rings. The molecule has 2 aliphatic heterocycles. The summed E-state index contributed by atoms with van der Waals surface area (Å²) in [5, 5.41) is 5.33. The molecule has 0 bridgehead atoms. The summed E-state index contributed by atoms with van der Waals surface area (Å²) in [6.07, 6.45) is 3.63. The second kappa shape index (κ2) is 7.90. The number of anilines is 1. The zero-order valence-corrected chi connectivity index (χ0v) is 18.6. The van der Waals surface area contributed by atoms with Gasteiger partial charge in [-0.3, -0.25) is 14.5 Å². The highest BCUT2D eigenvalue weighted by molar-refractivity contribution is 7.89. The molecule has 2 N–H and O–H groups in total. The van der Waals surface area contributed by atoms with Crippen LogP contribution in [0.25, 0.3) is 0 Å². The molecule has 1 saturated carbocycles. The molecule has 3 aliphatic rings. The molecule has 0 radical (unpaired) electrons. The molecule has 2 heterocycles. The van der Waals surface area contributed by atoms with E-state index in [1.807, 2.05) is 6.92 Å². The fraction of sp³-hybridized carbons (Fsp3) is 0.571. The summed E-state index contributed by atoms with van der Waals surface area (Å²) in [6, 6.07) is 5.38. The lowest BCUT2D eigenvalue weighted by Crippen LogP contribution is -2.46. The first-order valence-electron chi connectivity index (χ1n) is 10.7. The van der Waals surface area contributed by atoms with Crippen molar-refractivity contribution in [3.8, 4) is 0 Å². The largest absolute Gasteiger partial charge is 0.325 e. The fourth-order valence-electron chi connectivity index (χ4n) is 4.36. The first-order chi connectivity index (χ1) is 14.6. The highest BCUT2D eigenvalue weighted by Crippen LogP contribution is 2.42.